The van der Waals surface area contributed by atoms with Gasteiger partial charge in [0.25, 0.3) is 0 Å². The van der Waals surface area contributed by atoms with Crippen molar-refractivity contribution in [2.45, 2.75) is 0 Å². The molecule has 298 valence electrons. The normalized spacial score (nSPS) is 11.9. The van der Waals surface area contributed by atoms with Crippen molar-refractivity contribution in [3.05, 3.63) is 218 Å². The highest BCUT2D eigenvalue weighted by Gasteiger charge is 2.24. The summed E-state index contributed by atoms with van der Waals surface area (Å²) in [5.74, 6) is 0. The molecule has 0 aliphatic heterocycles. The third-order valence-electron chi connectivity index (χ3n) is 13.2. The monoisotopic (exact) mass is 814 g/mol. The zero-order valence-electron chi connectivity index (χ0n) is 34.8. The fraction of sp³-hybridized carbons (Fsp3) is 0. The fourth-order valence-corrected chi connectivity index (χ4v) is 10.3. The van der Waals surface area contributed by atoms with Crippen molar-refractivity contribution >= 4 is 99.1 Å². The van der Waals surface area contributed by atoms with Gasteiger partial charge in [0.05, 0.1) is 55.9 Å². The first kappa shape index (κ1) is 36.1. The van der Waals surface area contributed by atoms with Gasteiger partial charge in [0.1, 0.15) is 0 Å². The number of fused-ring (bicyclic) bond motifs is 11. The van der Waals surface area contributed by atoms with Crippen molar-refractivity contribution in [2.24, 2.45) is 0 Å². The van der Waals surface area contributed by atoms with Crippen LogP contribution in [0, 0.1) is 0 Å². The summed E-state index contributed by atoms with van der Waals surface area (Å²) in [6.45, 7) is 8.50. The summed E-state index contributed by atoms with van der Waals surface area (Å²) < 4.78 is 4.93. The molecular weight excluding hydrogens is 777 g/mol. The van der Waals surface area contributed by atoms with Crippen LogP contribution < -0.4 is 0 Å². The first-order valence-corrected chi connectivity index (χ1v) is 21.7. The summed E-state index contributed by atoms with van der Waals surface area (Å²) in [4.78, 5) is 10.7. The van der Waals surface area contributed by atoms with E-state index in [0.717, 1.165) is 83.2 Å². The molecule has 64 heavy (non-hydrogen) atoms. The zero-order valence-corrected chi connectivity index (χ0v) is 34.8. The van der Waals surface area contributed by atoms with E-state index in [9.17, 15) is 0 Å². The number of benzene rings is 10. The van der Waals surface area contributed by atoms with E-state index in [-0.39, 0.29) is 0 Å². The highest BCUT2D eigenvalue weighted by atomic mass is 15.0. The van der Waals surface area contributed by atoms with Crippen molar-refractivity contribution in [3.8, 4) is 33.9 Å². The Hall–Kier alpha value is -8.60. The van der Waals surface area contributed by atoms with Crippen molar-refractivity contribution in [1.82, 2.24) is 19.1 Å². The maximum Gasteiger partial charge on any atom is 0.0979 e. The van der Waals surface area contributed by atoms with Crippen LogP contribution in [-0.2, 0) is 0 Å². The first-order valence-electron chi connectivity index (χ1n) is 21.7. The zero-order chi connectivity index (χ0) is 42.5. The average molecular weight is 815 g/mol. The molecule has 3 aromatic heterocycles. The van der Waals surface area contributed by atoms with Crippen LogP contribution in [0.2, 0.25) is 0 Å². The largest absolute Gasteiger partial charge is 0.309 e. The van der Waals surface area contributed by atoms with Crippen LogP contribution in [0.15, 0.2) is 207 Å². The molecule has 0 saturated carbocycles. The highest BCUT2D eigenvalue weighted by Crippen LogP contribution is 2.45. The molecule has 0 saturated heterocycles. The smallest absolute Gasteiger partial charge is 0.0979 e. The van der Waals surface area contributed by atoms with Gasteiger partial charge >= 0.3 is 0 Å². The molecule has 0 N–H and O–H groups in total. The fourth-order valence-electron chi connectivity index (χ4n) is 10.3. The minimum atomic E-state index is 0.851. The molecule has 0 aliphatic carbocycles. The lowest BCUT2D eigenvalue weighted by atomic mass is 9.96. The van der Waals surface area contributed by atoms with Gasteiger partial charge < -0.3 is 9.13 Å². The second-order valence-electron chi connectivity index (χ2n) is 16.6. The Morgan fingerprint density at radius 2 is 1.02 bits per heavy atom. The minimum Gasteiger partial charge on any atom is -0.309 e. The van der Waals surface area contributed by atoms with Crippen molar-refractivity contribution < 1.29 is 0 Å². The molecule has 4 heteroatoms. The maximum absolute atomic E-state index is 5.40. The summed E-state index contributed by atoms with van der Waals surface area (Å²) in [6.07, 6.45) is 3.88. The minimum absolute atomic E-state index is 0.851. The van der Waals surface area contributed by atoms with E-state index >= 15 is 0 Å². The summed E-state index contributed by atoms with van der Waals surface area (Å²) in [5, 5.41) is 11.8. The number of nitrogens with zero attached hydrogens (tertiary/aromatic N) is 4. The average Bonchev–Trinajstić information content (AvgIpc) is 3.87. The Morgan fingerprint density at radius 1 is 0.375 bits per heavy atom. The van der Waals surface area contributed by atoms with E-state index in [1.807, 2.05) is 30.4 Å². The quantitative estimate of drug-likeness (QED) is 0.168. The third kappa shape index (κ3) is 5.23. The molecular formula is C60H38N4. The molecule has 4 nitrogen and oxygen atoms in total. The molecule has 10 aromatic carbocycles. The van der Waals surface area contributed by atoms with E-state index in [4.69, 9.17) is 9.97 Å². The third-order valence-corrected chi connectivity index (χ3v) is 13.2. The van der Waals surface area contributed by atoms with E-state index in [1.54, 1.807) is 0 Å². The summed E-state index contributed by atoms with van der Waals surface area (Å²) >= 11 is 0. The second-order valence-corrected chi connectivity index (χ2v) is 16.6. The Bertz CT molecular complexity index is 4130. The Balaban J connectivity index is 1.12. The Morgan fingerprint density at radius 3 is 1.83 bits per heavy atom. The molecule has 13 aromatic rings. The first-order chi connectivity index (χ1) is 31.7. The van der Waals surface area contributed by atoms with Gasteiger partial charge in [-0.15, -0.1) is 0 Å². The van der Waals surface area contributed by atoms with Crippen LogP contribution >= 0.6 is 0 Å². The lowest BCUT2D eigenvalue weighted by Crippen LogP contribution is -2.00. The standard InChI is InChI=1S/C60H38N4/c1-3-37-35-49-56(36-38(37)4-2)63(54-26-15-27-55(57(49)54)64-52-25-14-11-22-46(52)48-31-30-40-17-7-8-19-43(40)60(48)64)53-33-32-47(44-20-9-10-21-45(44)53)59-58(61-50-23-12-13-24-51(50)62-59)42-29-28-39-16-5-6-18-41(39)34-42/h3-36H,1-2H2. The van der Waals surface area contributed by atoms with Crippen LogP contribution in [0.5, 0.6) is 0 Å². The number of aromatic nitrogens is 4. The molecule has 0 fully saturated rings. The number of hydrogen-bond acceptors (Lipinski definition) is 2. The molecule has 0 amide bonds. The molecule has 0 bridgehead atoms. The van der Waals surface area contributed by atoms with Gasteiger partial charge in [-0.2, -0.15) is 0 Å². The molecule has 0 radical (unpaired) electrons. The van der Waals surface area contributed by atoms with E-state index < -0.39 is 0 Å². The second kappa shape index (κ2) is 14.0. The van der Waals surface area contributed by atoms with Crippen LogP contribution in [0.4, 0.5) is 0 Å². The number of rotatable bonds is 6. The van der Waals surface area contributed by atoms with Crippen LogP contribution in [0.3, 0.4) is 0 Å². The van der Waals surface area contributed by atoms with Crippen LogP contribution in [-0.4, -0.2) is 19.1 Å². The lowest BCUT2D eigenvalue weighted by Gasteiger charge is -2.17. The Kier molecular flexibility index (Phi) is 7.87. The summed E-state index contributed by atoms with van der Waals surface area (Å²) in [7, 11) is 0. The predicted octanol–water partition coefficient (Wildman–Crippen LogP) is 15.9. The van der Waals surface area contributed by atoms with Crippen LogP contribution in [0.25, 0.3) is 133 Å². The van der Waals surface area contributed by atoms with Gasteiger partial charge in [-0.05, 0) is 93.3 Å². The van der Waals surface area contributed by atoms with Crippen molar-refractivity contribution in [2.75, 3.05) is 0 Å². The predicted molar refractivity (Wildman–Crippen MR) is 272 cm³/mol. The molecule has 0 aliphatic rings. The van der Waals surface area contributed by atoms with Crippen LogP contribution in [0.1, 0.15) is 11.1 Å². The molecule has 0 spiro atoms. The van der Waals surface area contributed by atoms with Gasteiger partial charge in [-0.3, -0.25) is 0 Å². The molecule has 0 unspecified atom stereocenters. The number of para-hydroxylation sites is 3. The lowest BCUT2D eigenvalue weighted by molar-refractivity contribution is 1.18. The van der Waals surface area contributed by atoms with Gasteiger partial charge in [0, 0.05) is 43.4 Å². The molecule has 0 atom stereocenters. The Labute approximate surface area is 368 Å². The highest BCUT2D eigenvalue weighted by molar-refractivity contribution is 6.22. The summed E-state index contributed by atoms with van der Waals surface area (Å²) in [5.41, 5.74) is 14.3. The summed E-state index contributed by atoms with van der Waals surface area (Å²) in [6, 6.07) is 69.8. The number of hydrogen-bond donors (Lipinski definition) is 0. The van der Waals surface area contributed by atoms with E-state index in [0.29, 0.717) is 0 Å². The maximum atomic E-state index is 5.40. The molecule has 3 heterocycles. The van der Waals surface area contributed by atoms with Gasteiger partial charge in [0.15, 0.2) is 0 Å². The SMILES string of the molecule is C=Cc1cc2c3c(-n4c5ccccc5c5ccc6ccccc6c54)cccc3n(-c3ccc(-c4nc5ccccc5nc4-c4ccc5ccccc5c4)c4ccccc34)c2cc1C=C. The van der Waals surface area contributed by atoms with Crippen molar-refractivity contribution in [1.29, 1.82) is 0 Å². The van der Waals surface area contributed by atoms with Crippen molar-refractivity contribution in [3.63, 3.8) is 0 Å². The van der Waals surface area contributed by atoms with Gasteiger partial charge in [0.2, 0.25) is 0 Å². The van der Waals surface area contributed by atoms with Gasteiger partial charge in [-0.1, -0.05) is 159 Å². The van der Waals surface area contributed by atoms with E-state index in [2.05, 4.69) is 198 Å². The van der Waals surface area contributed by atoms with E-state index in [1.165, 1.54) is 48.7 Å². The van der Waals surface area contributed by atoms with Gasteiger partial charge in [-0.25, -0.2) is 9.97 Å². The topological polar surface area (TPSA) is 35.6 Å². The molecule has 13 rings (SSSR count).